The molecule has 0 atom stereocenters. The van der Waals surface area contributed by atoms with Crippen LogP contribution >= 0.6 is 0 Å². The van der Waals surface area contributed by atoms with Gasteiger partial charge in [-0.3, -0.25) is 0 Å². The Morgan fingerprint density at radius 1 is 0.875 bits per heavy atom. The molecule has 3 nitrogen and oxygen atoms in total. The molecule has 3 aliphatic heterocycles. The molecular formula is C5H6O3. The smallest absolute Gasteiger partial charge is 0.320 e. The van der Waals surface area contributed by atoms with Gasteiger partial charge in [-0.2, -0.15) is 0 Å². The van der Waals surface area contributed by atoms with E-state index in [1.165, 1.54) is 5.92 Å². The zero-order valence-corrected chi connectivity index (χ0v) is 4.35. The Morgan fingerprint density at radius 2 is 1.38 bits per heavy atom. The Hall–Kier alpha value is -0.120. The Kier molecular flexibility index (Phi) is 0.997. The van der Waals surface area contributed by atoms with Crippen LogP contribution in [0.4, 0.5) is 0 Å². The van der Waals surface area contributed by atoms with Gasteiger partial charge < -0.3 is 14.2 Å². The lowest BCUT2D eigenvalue weighted by molar-refractivity contribution is -0.242. The van der Waals surface area contributed by atoms with E-state index in [1.807, 2.05) is 0 Å². The quantitative estimate of drug-likeness (QED) is 0.446. The number of hydrogen-bond donors (Lipinski definition) is 0. The fourth-order valence-corrected chi connectivity index (χ4v) is 0.733. The third-order valence-corrected chi connectivity index (χ3v) is 1.18. The topological polar surface area (TPSA) is 27.7 Å². The standard InChI is InChI=1S/C5H6O3/c1-4-2-7-5(6-1)8-3-4/h1-3H2. The van der Waals surface area contributed by atoms with E-state index < -0.39 is 0 Å². The Morgan fingerprint density at radius 3 is 1.50 bits per heavy atom. The molecule has 8 heavy (non-hydrogen) atoms. The summed E-state index contributed by atoms with van der Waals surface area (Å²) in [4.78, 5) is 0. The molecule has 2 bridgehead atoms. The first kappa shape index (κ1) is 4.73. The third kappa shape index (κ3) is 0.632. The molecule has 0 unspecified atom stereocenters. The summed E-state index contributed by atoms with van der Waals surface area (Å²) in [6, 6.07) is 0. The van der Waals surface area contributed by atoms with Crippen molar-refractivity contribution < 1.29 is 14.2 Å². The highest BCUT2D eigenvalue weighted by Gasteiger charge is 2.32. The summed E-state index contributed by atoms with van der Waals surface area (Å²) in [6.07, 6.45) is 0. The molecule has 3 saturated heterocycles. The summed E-state index contributed by atoms with van der Waals surface area (Å²) in [7, 11) is 0. The van der Waals surface area contributed by atoms with E-state index in [2.05, 4.69) is 0 Å². The van der Waals surface area contributed by atoms with Crippen LogP contribution in [0, 0.1) is 12.4 Å². The second kappa shape index (κ2) is 1.69. The van der Waals surface area contributed by atoms with Gasteiger partial charge in [0, 0.05) is 0 Å². The van der Waals surface area contributed by atoms with Gasteiger partial charge in [-0.05, 0) is 0 Å². The van der Waals surface area contributed by atoms with E-state index in [1.54, 1.807) is 0 Å². The van der Waals surface area contributed by atoms with Crippen molar-refractivity contribution in [3.05, 3.63) is 12.4 Å². The van der Waals surface area contributed by atoms with Gasteiger partial charge in [0.15, 0.2) is 0 Å². The van der Waals surface area contributed by atoms with E-state index in [4.69, 9.17) is 14.2 Å². The number of ether oxygens (including phenoxy) is 3. The second-order valence-corrected chi connectivity index (χ2v) is 1.87. The maximum Gasteiger partial charge on any atom is 0.370 e. The normalized spacial score (nSPS) is 31.5. The van der Waals surface area contributed by atoms with Crippen LogP contribution in [0.3, 0.4) is 0 Å². The summed E-state index contributed by atoms with van der Waals surface area (Å²) in [6.45, 7) is 2.42. The van der Waals surface area contributed by atoms with Gasteiger partial charge in [0.25, 0.3) is 0 Å². The van der Waals surface area contributed by atoms with Crippen LogP contribution in [0.15, 0.2) is 0 Å². The first-order valence-electron chi connectivity index (χ1n) is 2.54. The van der Waals surface area contributed by atoms with Gasteiger partial charge in [-0.25, -0.2) is 0 Å². The van der Waals surface area contributed by atoms with Gasteiger partial charge in [-0.1, -0.05) is 0 Å². The maximum absolute atomic E-state index is 4.91. The van der Waals surface area contributed by atoms with Gasteiger partial charge >= 0.3 is 6.48 Å². The minimum atomic E-state index is 0.347. The summed E-state index contributed by atoms with van der Waals surface area (Å²) in [5.74, 6) is 1.18. The summed E-state index contributed by atoms with van der Waals surface area (Å²) in [5, 5.41) is 0. The minimum absolute atomic E-state index is 0.347. The van der Waals surface area contributed by atoms with Crippen molar-refractivity contribution in [3.8, 4) is 0 Å². The summed E-state index contributed by atoms with van der Waals surface area (Å²) < 4.78 is 14.7. The van der Waals surface area contributed by atoms with Gasteiger partial charge in [0.05, 0.1) is 25.7 Å². The molecule has 0 aromatic heterocycles. The van der Waals surface area contributed by atoms with E-state index >= 15 is 0 Å². The van der Waals surface area contributed by atoms with Crippen LogP contribution in [-0.4, -0.2) is 19.8 Å². The van der Waals surface area contributed by atoms with Gasteiger partial charge in [0.2, 0.25) is 0 Å². The molecule has 3 rings (SSSR count). The van der Waals surface area contributed by atoms with E-state index in [-0.39, 0.29) is 0 Å². The van der Waals surface area contributed by atoms with Gasteiger partial charge in [0.1, 0.15) is 0 Å². The van der Waals surface area contributed by atoms with Crippen LogP contribution in [0.5, 0.6) is 0 Å². The monoisotopic (exact) mass is 114 g/mol. The van der Waals surface area contributed by atoms with Crippen LogP contribution in [-0.2, 0) is 14.2 Å². The SMILES string of the molecule is C1O[C]2OC[C]1CO2. The highest BCUT2D eigenvalue weighted by molar-refractivity contribution is 4.97. The van der Waals surface area contributed by atoms with Crippen molar-refractivity contribution in [2.24, 2.45) is 0 Å². The molecule has 0 aromatic carbocycles. The molecule has 3 fully saturated rings. The van der Waals surface area contributed by atoms with Crippen LogP contribution in [0.1, 0.15) is 0 Å². The molecule has 44 valence electrons. The molecule has 0 aliphatic carbocycles. The van der Waals surface area contributed by atoms with Crippen molar-refractivity contribution in [1.29, 1.82) is 0 Å². The van der Waals surface area contributed by atoms with Crippen molar-refractivity contribution in [3.63, 3.8) is 0 Å². The second-order valence-electron chi connectivity index (χ2n) is 1.87. The molecule has 3 aliphatic rings. The fourth-order valence-electron chi connectivity index (χ4n) is 0.733. The highest BCUT2D eigenvalue weighted by atomic mass is 16.9. The molecule has 0 N–H and O–H groups in total. The third-order valence-electron chi connectivity index (χ3n) is 1.18. The first-order valence-corrected chi connectivity index (χ1v) is 2.54. The van der Waals surface area contributed by atoms with Crippen molar-refractivity contribution in [2.45, 2.75) is 0 Å². The van der Waals surface area contributed by atoms with Crippen LogP contribution in [0.25, 0.3) is 0 Å². The van der Waals surface area contributed by atoms with E-state index in [0.29, 0.717) is 26.3 Å². The highest BCUT2D eigenvalue weighted by Crippen LogP contribution is 2.25. The van der Waals surface area contributed by atoms with Crippen molar-refractivity contribution >= 4 is 0 Å². The largest absolute Gasteiger partial charge is 0.370 e. The zero-order valence-electron chi connectivity index (χ0n) is 4.35. The molecule has 2 radical (unpaired) electrons. The summed E-state index contributed by atoms with van der Waals surface area (Å²) in [5.41, 5.74) is 0. The zero-order chi connectivity index (χ0) is 5.40. The maximum atomic E-state index is 4.91. The Balaban J connectivity index is 2.03. The van der Waals surface area contributed by atoms with Crippen LogP contribution < -0.4 is 0 Å². The van der Waals surface area contributed by atoms with Crippen molar-refractivity contribution in [2.75, 3.05) is 19.8 Å². The molecular weight excluding hydrogens is 108 g/mol. The van der Waals surface area contributed by atoms with Crippen molar-refractivity contribution in [1.82, 2.24) is 0 Å². The molecule has 0 saturated carbocycles. The molecule has 0 aromatic rings. The minimum Gasteiger partial charge on any atom is -0.320 e. The lowest BCUT2D eigenvalue weighted by Crippen LogP contribution is -2.36. The Labute approximate surface area is 47.5 Å². The average Bonchev–Trinajstić information content (AvgIpc) is 1.92. The summed E-state index contributed by atoms with van der Waals surface area (Å²) >= 11 is 0. The lowest BCUT2D eigenvalue weighted by atomic mass is 10.2. The number of rotatable bonds is 0. The number of fused-ring (bicyclic) bond motifs is 3. The molecule has 3 heteroatoms. The predicted molar refractivity (Wildman–Crippen MR) is 24.3 cm³/mol. The fraction of sp³-hybridized carbons (Fsp3) is 0.600. The van der Waals surface area contributed by atoms with E-state index in [9.17, 15) is 0 Å². The molecule has 0 spiro atoms. The average molecular weight is 114 g/mol. The van der Waals surface area contributed by atoms with Crippen LogP contribution in [0.2, 0.25) is 0 Å². The molecule has 0 amide bonds. The Bertz CT molecular complexity index is 62.7. The molecule has 3 heterocycles. The lowest BCUT2D eigenvalue weighted by Gasteiger charge is -2.32. The van der Waals surface area contributed by atoms with Gasteiger partial charge in [-0.15, -0.1) is 0 Å². The first-order chi connectivity index (χ1) is 3.95. The number of hydrogen-bond acceptors (Lipinski definition) is 3. The van der Waals surface area contributed by atoms with E-state index in [0.717, 1.165) is 0 Å². The predicted octanol–water partition coefficient (Wildman–Crippen LogP) is 0.0849.